The third-order valence-corrected chi connectivity index (χ3v) is 2.97. The summed E-state index contributed by atoms with van der Waals surface area (Å²) in [4.78, 5) is 6.56. The van der Waals surface area contributed by atoms with Gasteiger partial charge in [0, 0.05) is 19.5 Å². The van der Waals surface area contributed by atoms with Crippen LogP contribution in [0.1, 0.15) is 0 Å². The number of aromatic nitrogens is 2. The first kappa shape index (κ1) is 10.1. The van der Waals surface area contributed by atoms with Crippen molar-refractivity contribution >= 4 is 22.6 Å². The van der Waals surface area contributed by atoms with Crippen molar-refractivity contribution in [3.63, 3.8) is 0 Å². The first-order valence-electron chi connectivity index (χ1n) is 5.59. The fourth-order valence-corrected chi connectivity index (χ4v) is 1.96. The SMILES string of the molecule is CN1CCOC1=Nc1cccc2c1cnn2C. The van der Waals surface area contributed by atoms with Crippen LogP contribution in [-0.2, 0) is 11.8 Å². The maximum atomic E-state index is 5.47. The van der Waals surface area contributed by atoms with Crippen molar-refractivity contribution in [2.45, 2.75) is 0 Å². The van der Waals surface area contributed by atoms with E-state index in [0.717, 1.165) is 23.1 Å². The molecule has 0 unspecified atom stereocenters. The number of amidine groups is 1. The Morgan fingerprint density at radius 2 is 2.24 bits per heavy atom. The monoisotopic (exact) mass is 230 g/mol. The Balaban J connectivity index is 2.11. The van der Waals surface area contributed by atoms with E-state index in [2.05, 4.69) is 10.1 Å². The lowest BCUT2D eigenvalue weighted by atomic mass is 10.2. The summed E-state index contributed by atoms with van der Waals surface area (Å²) in [6.07, 6.45) is 1.84. The second kappa shape index (κ2) is 3.76. The third kappa shape index (κ3) is 1.63. The van der Waals surface area contributed by atoms with Gasteiger partial charge in [0.05, 0.1) is 23.9 Å². The minimum atomic E-state index is 0.682. The van der Waals surface area contributed by atoms with Gasteiger partial charge in [-0.25, -0.2) is 0 Å². The highest BCUT2D eigenvalue weighted by Crippen LogP contribution is 2.26. The molecule has 3 rings (SSSR count). The number of hydrogen-bond acceptors (Lipinski definition) is 3. The van der Waals surface area contributed by atoms with Crippen molar-refractivity contribution in [1.82, 2.24) is 14.7 Å². The molecule has 1 saturated heterocycles. The summed E-state index contributed by atoms with van der Waals surface area (Å²) in [5.74, 6) is 0. The molecule has 88 valence electrons. The number of aliphatic imine (C=N–C) groups is 1. The molecular weight excluding hydrogens is 216 g/mol. The maximum absolute atomic E-state index is 5.47. The Kier molecular flexibility index (Phi) is 2.24. The number of rotatable bonds is 1. The number of benzene rings is 1. The van der Waals surface area contributed by atoms with Crippen LogP contribution in [0.2, 0.25) is 0 Å². The van der Waals surface area contributed by atoms with E-state index >= 15 is 0 Å². The third-order valence-electron chi connectivity index (χ3n) is 2.97. The van der Waals surface area contributed by atoms with Gasteiger partial charge >= 0.3 is 0 Å². The van der Waals surface area contributed by atoms with Crippen LogP contribution in [0.3, 0.4) is 0 Å². The van der Waals surface area contributed by atoms with Crippen molar-refractivity contribution in [2.24, 2.45) is 12.0 Å². The highest BCUT2D eigenvalue weighted by atomic mass is 16.5. The number of aryl methyl sites for hydroxylation is 1. The fourth-order valence-electron chi connectivity index (χ4n) is 1.96. The summed E-state index contributed by atoms with van der Waals surface area (Å²) in [5.41, 5.74) is 1.98. The van der Waals surface area contributed by atoms with Crippen molar-refractivity contribution < 1.29 is 4.74 Å². The summed E-state index contributed by atoms with van der Waals surface area (Å²) in [7, 11) is 3.91. The minimum absolute atomic E-state index is 0.682. The summed E-state index contributed by atoms with van der Waals surface area (Å²) in [6.45, 7) is 1.60. The van der Waals surface area contributed by atoms with Gasteiger partial charge in [0.1, 0.15) is 6.61 Å². The molecule has 0 saturated carbocycles. The predicted molar refractivity (Wildman–Crippen MR) is 66.4 cm³/mol. The van der Waals surface area contributed by atoms with E-state index in [1.807, 2.05) is 48.1 Å². The molecule has 1 aromatic carbocycles. The molecule has 5 heteroatoms. The highest BCUT2D eigenvalue weighted by Gasteiger charge is 2.16. The average molecular weight is 230 g/mol. The van der Waals surface area contributed by atoms with Gasteiger partial charge in [-0.2, -0.15) is 10.1 Å². The molecular formula is C12H14N4O. The van der Waals surface area contributed by atoms with E-state index in [1.54, 1.807) is 0 Å². The van der Waals surface area contributed by atoms with Gasteiger partial charge in [-0.15, -0.1) is 0 Å². The zero-order valence-corrected chi connectivity index (χ0v) is 9.92. The van der Waals surface area contributed by atoms with E-state index in [4.69, 9.17) is 4.74 Å². The molecule has 0 bridgehead atoms. The first-order valence-corrected chi connectivity index (χ1v) is 5.59. The number of nitrogens with zero attached hydrogens (tertiary/aromatic N) is 4. The maximum Gasteiger partial charge on any atom is 0.292 e. The van der Waals surface area contributed by atoms with E-state index in [1.165, 1.54) is 0 Å². The van der Waals surface area contributed by atoms with Crippen LogP contribution >= 0.6 is 0 Å². The second-order valence-corrected chi connectivity index (χ2v) is 4.14. The van der Waals surface area contributed by atoms with Crippen molar-refractivity contribution in [1.29, 1.82) is 0 Å². The largest absolute Gasteiger partial charge is 0.463 e. The fraction of sp³-hybridized carbons (Fsp3) is 0.333. The Labute approximate surface area is 99.3 Å². The molecule has 0 spiro atoms. The Morgan fingerprint density at radius 1 is 1.35 bits per heavy atom. The van der Waals surface area contributed by atoms with Crippen LogP contribution in [0.15, 0.2) is 29.4 Å². The Bertz CT molecular complexity index is 587. The molecule has 0 N–H and O–H groups in total. The van der Waals surface area contributed by atoms with Crippen LogP contribution < -0.4 is 0 Å². The Hall–Kier alpha value is -2.04. The highest BCUT2D eigenvalue weighted by molar-refractivity contribution is 5.92. The van der Waals surface area contributed by atoms with Crippen molar-refractivity contribution in [2.75, 3.05) is 20.2 Å². The average Bonchev–Trinajstić information content (AvgIpc) is 2.89. The predicted octanol–water partition coefficient (Wildman–Crippen LogP) is 1.52. The zero-order chi connectivity index (χ0) is 11.8. The van der Waals surface area contributed by atoms with E-state index < -0.39 is 0 Å². The molecule has 2 aromatic rings. The molecule has 17 heavy (non-hydrogen) atoms. The first-order chi connectivity index (χ1) is 8.25. The molecule has 0 amide bonds. The lowest BCUT2D eigenvalue weighted by Gasteiger charge is -2.07. The number of hydrogen-bond donors (Lipinski definition) is 0. The molecule has 0 aliphatic carbocycles. The lowest BCUT2D eigenvalue weighted by Crippen LogP contribution is -2.19. The number of likely N-dealkylation sites (N-methyl/N-ethyl adjacent to an activating group) is 1. The van der Waals surface area contributed by atoms with E-state index in [0.29, 0.717) is 12.6 Å². The topological polar surface area (TPSA) is 42.6 Å². The van der Waals surface area contributed by atoms with Gasteiger partial charge in [0.25, 0.3) is 6.02 Å². The normalized spacial score (nSPS) is 18.0. The molecule has 0 radical (unpaired) electrons. The second-order valence-electron chi connectivity index (χ2n) is 4.14. The minimum Gasteiger partial charge on any atom is -0.463 e. The van der Waals surface area contributed by atoms with Gasteiger partial charge in [0.2, 0.25) is 0 Å². The van der Waals surface area contributed by atoms with Gasteiger partial charge in [-0.1, -0.05) is 6.07 Å². The van der Waals surface area contributed by atoms with Crippen molar-refractivity contribution in [3.05, 3.63) is 24.4 Å². The summed E-state index contributed by atoms with van der Waals surface area (Å²) in [5, 5.41) is 5.29. The zero-order valence-electron chi connectivity index (χ0n) is 9.92. The molecule has 1 aliphatic heterocycles. The van der Waals surface area contributed by atoms with Crippen LogP contribution in [0.5, 0.6) is 0 Å². The molecule has 0 atom stereocenters. The van der Waals surface area contributed by atoms with E-state index in [-0.39, 0.29) is 0 Å². The van der Waals surface area contributed by atoms with Gasteiger partial charge in [0.15, 0.2) is 0 Å². The smallest absolute Gasteiger partial charge is 0.292 e. The molecule has 1 aromatic heterocycles. The standard InChI is InChI=1S/C12H14N4O/c1-15-6-7-17-12(15)14-10-4-3-5-11-9(10)8-13-16(11)2/h3-5,8H,6-7H2,1-2H3. The number of fused-ring (bicyclic) bond motifs is 1. The van der Waals surface area contributed by atoms with Gasteiger partial charge < -0.3 is 9.64 Å². The van der Waals surface area contributed by atoms with Crippen LogP contribution in [0.25, 0.3) is 10.9 Å². The van der Waals surface area contributed by atoms with Crippen LogP contribution in [-0.4, -0.2) is 40.9 Å². The summed E-state index contributed by atoms with van der Waals surface area (Å²) in [6, 6.07) is 6.68. The molecule has 2 heterocycles. The van der Waals surface area contributed by atoms with Gasteiger partial charge in [-0.3, -0.25) is 4.68 Å². The van der Waals surface area contributed by atoms with Crippen molar-refractivity contribution in [3.8, 4) is 0 Å². The quantitative estimate of drug-likeness (QED) is 0.746. The molecule has 1 fully saturated rings. The van der Waals surface area contributed by atoms with Crippen LogP contribution in [0.4, 0.5) is 5.69 Å². The van der Waals surface area contributed by atoms with Crippen LogP contribution in [0, 0.1) is 0 Å². The molecule has 1 aliphatic rings. The van der Waals surface area contributed by atoms with Gasteiger partial charge in [-0.05, 0) is 12.1 Å². The summed E-state index contributed by atoms with van der Waals surface area (Å²) >= 11 is 0. The number of ether oxygens (including phenoxy) is 1. The molecule has 5 nitrogen and oxygen atoms in total. The summed E-state index contributed by atoms with van der Waals surface area (Å²) < 4.78 is 7.32. The Morgan fingerprint density at radius 3 is 3.00 bits per heavy atom. The lowest BCUT2D eigenvalue weighted by molar-refractivity contribution is 0.352. The van der Waals surface area contributed by atoms with E-state index in [9.17, 15) is 0 Å².